The summed E-state index contributed by atoms with van der Waals surface area (Å²) in [5.41, 5.74) is 5.21. The Balaban J connectivity index is 2.52. The number of primary amides is 1. The average molecular weight is 292 g/mol. The van der Waals surface area contributed by atoms with E-state index in [0.717, 1.165) is 0 Å². The van der Waals surface area contributed by atoms with Crippen molar-refractivity contribution in [2.75, 3.05) is 26.0 Å². The van der Waals surface area contributed by atoms with Gasteiger partial charge in [-0.1, -0.05) is 0 Å². The fourth-order valence-corrected chi connectivity index (χ4v) is 3.64. The zero-order valence-corrected chi connectivity index (χ0v) is 11.8. The molecule has 2 N–H and O–H groups in total. The van der Waals surface area contributed by atoms with Crippen LogP contribution in [0.15, 0.2) is 0 Å². The van der Waals surface area contributed by atoms with Gasteiger partial charge < -0.3 is 10.5 Å². The van der Waals surface area contributed by atoms with E-state index < -0.39 is 27.8 Å². The fourth-order valence-electron chi connectivity index (χ4n) is 2.06. The molecule has 0 aromatic rings. The topological polar surface area (TPSA) is 107 Å². The SMILES string of the molecule is COC(=O)CCCS(=O)(=O)N1CCCC(C(N)=O)C1. The van der Waals surface area contributed by atoms with E-state index in [9.17, 15) is 18.0 Å². The summed E-state index contributed by atoms with van der Waals surface area (Å²) in [6, 6.07) is 0. The lowest BCUT2D eigenvalue weighted by Crippen LogP contribution is -2.44. The maximum Gasteiger partial charge on any atom is 0.305 e. The highest BCUT2D eigenvalue weighted by Crippen LogP contribution is 2.19. The van der Waals surface area contributed by atoms with Gasteiger partial charge in [0.05, 0.1) is 18.8 Å². The number of carbonyl (C=O) groups excluding carboxylic acids is 2. The van der Waals surface area contributed by atoms with Crippen molar-refractivity contribution < 1.29 is 22.7 Å². The Kier molecular flexibility index (Phi) is 5.74. The van der Waals surface area contributed by atoms with Gasteiger partial charge in [0.25, 0.3) is 0 Å². The fraction of sp³-hybridized carbons (Fsp3) is 0.818. The minimum absolute atomic E-state index is 0.0722. The first-order valence-electron chi connectivity index (χ1n) is 6.21. The Morgan fingerprint density at radius 1 is 1.42 bits per heavy atom. The van der Waals surface area contributed by atoms with Crippen LogP contribution in [0.4, 0.5) is 0 Å². The van der Waals surface area contributed by atoms with Gasteiger partial charge in [-0.15, -0.1) is 0 Å². The van der Waals surface area contributed by atoms with Crippen LogP contribution in [0.2, 0.25) is 0 Å². The van der Waals surface area contributed by atoms with E-state index in [1.807, 2.05) is 0 Å². The van der Waals surface area contributed by atoms with Crippen molar-refractivity contribution in [3.8, 4) is 0 Å². The summed E-state index contributed by atoms with van der Waals surface area (Å²) in [6.07, 6.45) is 1.54. The first-order chi connectivity index (χ1) is 8.86. The molecule has 1 fully saturated rings. The Bertz CT molecular complexity index is 434. The minimum Gasteiger partial charge on any atom is -0.469 e. The third-order valence-electron chi connectivity index (χ3n) is 3.19. The molecule has 8 heteroatoms. The average Bonchev–Trinajstić information content (AvgIpc) is 2.38. The molecule has 0 aromatic carbocycles. The number of ether oxygens (including phenoxy) is 1. The van der Waals surface area contributed by atoms with E-state index in [2.05, 4.69) is 4.74 Å². The molecule has 0 spiro atoms. The number of hydrogen-bond acceptors (Lipinski definition) is 5. The summed E-state index contributed by atoms with van der Waals surface area (Å²) in [6.45, 7) is 0.556. The molecule has 1 aliphatic heterocycles. The highest BCUT2D eigenvalue weighted by molar-refractivity contribution is 7.89. The number of nitrogens with zero attached hydrogens (tertiary/aromatic N) is 1. The molecular weight excluding hydrogens is 272 g/mol. The van der Waals surface area contributed by atoms with Crippen LogP contribution in [0.1, 0.15) is 25.7 Å². The Hall–Kier alpha value is -1.15. The number of piperidine rings is 1. The molecule has 110 valence electrons. The maximum atomic E-state index is 12.0. The molecule has 1 aliphatic rings. The van der Waals surface area contributed by atoms with E-state index in [1.54, 1.807) is 0 Å². The number of hydrogen-bond donors (Lipinski definition) is 1. The van der Waals surface area contributed by atoms with Crippen LogP contribution < -0.4 is 5.73 Å². The zero-order valence-electron chi connectivity index (χ0n) is 11.0. The largest absolute Gasteiger partial charge is 0.469 e. The van der Waals surface area contributed by atoms with Crippen molar-refractivity contribution in [3.05, 3.63) is 0 Å². The highest BCUT2D eigenvalue weighted by Gasteiger charge is 2.31. The summed E-state index contributed by atoms with van der Waals surface area (Å²) in [5, 5.41) is 0. The van der Waals surface area contributed by atoms with Crippen molar-refractivity contribution in [2.45, 2.75) is 25.7 Å². The number of nitrogens with two attached hydrogens (primary N) is 1. The molecule has 1 atom stereocenters. The van der Waals surface area contributed by atoms with Gasteiger partial charge >= 0.3 is 5.97 Å². The van der Waals surface area contributed by atoms with Crippen LogP contribution in [0.25, 0.3) is 0 Å². The molecule has 19 heavy (non-hydrogen) atoms. The van der Waals surface area contributed by atoms with Gasteiger partial charge in [0.1, 0.15) is 0 Å². The number of methoxy groups -OCH3 is 1. The second-order valence-electron chi connectivity index (χ2n) is 4.60. The van der Waals surface area contributed by atoms with Crippen molar-refractivity contribution in [2.24, 2.45) is 11.7 Å². The van der Waals surface area contributed by atoms with Crippen molar-refractivity contribution in [3.63, 3.8) is 0 Å². The second-order valence-corrected chi connectivity index (χ2v) is 6.68. The van der Waals surface area contributed by atoms with Gasteiger partial charge in [0, 0.05) is 19.5 Å². The molecule has 0 aromatic heterocycles. The summed E-state index contributed by atoms with van der Waals surface area (Å²) in [7, 11) is -2.17. The van der Waals surface area contributed by atoms with E-state index in [4.69, 9.17) is 5.73 Å². The van der Waals surface area contributed by atoms with Gasteiger partial charge in [0.15, 0.2) is 0 Å². The number of rotatable bonds is 6. The third-order valence-corrected chi connectivity index (χ3v) is 5.11. The van der Waals surface area contributed by atoms with Crippen molar-refractivity contribution in [1.29, 1.82) is 0 Å². The number of amides is 1. The summed E-state index contributed by atoms with van der Waals surface area (Å²) >= 11 is 0. The quantitative estimate of drug-likeness (QED) is 0.662. The van der Waals surface area contributed by atoms with E-state index in [-0.39, 0.29) is 25.1 Å². The normalized spacial score (nSPS) is 21.0. The van der Waals surface area contributed by atoms with Crippen LogP contribution in [-0.2, 0) is 24.3 Å². The maximum absolute atomic E-state index is 12.0. The Morgan fingerprint density at radius 3 is 2.68 bits per heavy atom. The number of esters is 1. The molecule has 0 saturated carbocycles. The number of sulfonamides is 1. The number of carbonyl (C=O) groups is 2. The second kappa shape index (κ2) is 6.85. The molecule has 1 heterocycles. The Labute approximate surface area is 113 Å². The summed E-state index contributed by atoms with van der Waals surface area (Å²) in [4.78, 5) is 22.0. The van der Waals surface area contributed by atoms with Crippen LogP contribution in [0.3, 0.4) is 0 Å². The van der Waals surface area contributed by atoms with Gasteiger partial charge in [0.2, 0.25) is 15.9 Å². The smallest absolute Gasteiger partial charge is 0.305 e. The monoisotopic (exact) mass is 292 g/mol. The third kappa shape index (κ3) is 4.79. The molecule has 1 rings (SSSR count). The predicted octanol–water partition coefficient (Wildman–Crippen LogP) is -0.533. The van der Waals surface area contributed by atoms with E-state index in [0.29, 0.717) is 19.4 Å². The lowest BCUT2D eigenvalue weighted by atomic mass is 9.99. The highest BCUT2D eigenvalue weighted by atomic mass is 32.2. The van der Waals surface area contributed by atoms with Crippen molar-refractivity contribution in [1.82, 2.24) is 4.31 Å². The lowest BCUT2D eigenvalue weighted by molar-refractivity contribution is -0.140. The molecule has 0 aliphatic carbocycles. The first-order valence-corrected chi connectivity index (χ1v) is 7.81. The van der Waals surface area contributed by atoms with Gasteiger partial charge in [-0.3, -0.25) is 9.59 Å². The first kappa shape index (κ1) is 15.9. The molecule has 0 radical (unpaired) electrons. The van der Waals surface area contributed by atoms with E-state index in [1.165, 1.54) is 11.4 Å². The predicted molar refractivity (Wildman–Crippen MR) is 68.5 cm³/mol. The van der Waals surface area contributed by atoms with E-state index >= 15 is 0 Å². The van der Waals surface area contributed by atoms with Crippen LogP contribution in [0.5, 0.6) is 0 Å². The molecule has 1 unspecified atom stereocenters. The zero-order chi connectivity index (χ0) is 14.5. The summed E-state index contributed by atoms with van der Waals surface area (Å²) in [5.74, 6) is -1.42. The van der Waals surface area contributed by atoms with Crippen LogP contribution >= 0.6 is 0 Å². The standard InChI is InChI=1S/C11H20N2O5S/c1-18-10(14)5-3-7-19(16,17)13-6-2-4-9(8-13)11(12)15/h9H,2-8H2,1H3,(H2,12,15). The lowest BCUT2D eigenvalue weighted by Gasteiger charge is -2.30. The molecule has 0 bridgehead atoms. The van der Waals surface area contributed by atoms with Gasteiger partial charge in [-0.05, 0) is 19.3 Å². The van der Waals surface area contributed by atoms with Gasteiger partial charge in [-0.25, -0.2) is 12.7 Å². The summed E-state index contributed by atoms with van der Waals surface area (Å²) < 4.78 is 29.8. The van der Waals surface area contributed by atoms with Crippen molar-refractivity contribution >= 4 is 21.9 Å². The molecular formula is C11H20N2O5S. The van der Waals surface area contributed by atoms with Crippen LogP contribution in [0, 0.1) is 5.92 Å². The van der Waals surface area contributed by atoms with Crippen LogP contribution in [-0.4, -0.2) is 50.6 Å². The Morgan fingerprint density at radius 2 is 2.11 bits per heavy atom. The molecule has 7 nitrogen and oxygen atoms in total. The molecule has 1 saturated heterocycles. The minimum atomic E-state index is -3.44. The molecule has 1 amide bonds. The van der Waals surface area contributed by atoms with Gasteiger partial charge in [-0.2, -0.15) is 0 Å².